The fraction of sp³-hybridized carbons (Fsp3) is 0.400. The van der Waals surface area contributed by atoms with Gasteiger partial charge in [0.15, 0.2) is 0 Å². The van der Waals surface area contributed by atoms with Crippen molar-refractivity contribution < 1.29 is 9.84 Å². The van der Waals surface area contributed by atoms with Gasteiger partial charge in [0.2, 0.25) is 0 Å². The van der Waals surface area contributed by atoms with Crippen LogP contribution in [-0.2, 0) is 4.74 Å². The molecule has 1 unspecified atom stereocenters. The van der Waals surface area contributed by atoms with Gasteiger partial charge in [0, 0.05) is 0 Å². The lowest BCUT2D eigenvalue weighted by Crippen LogP contribution is -2.04. The van der Waals surface area contributed by atoms with Gasteiger partial charge in [-0.2, -0.15) is 0 Å². The Hall–Kier alpha value is -0.860. The van der Waals surface area contributed by atoms with Crippen molar-refractivity contribution in [3.63, 3.8) is 0 Å². The third kappa shape index (κ3) is 1.49. The Bertz CT molecular complexity index is 279. The summed E-state index contributed by atoms with van der Waals surface area (Å²) in [5, 5.41) is 9.66. The lowest BCUT2D eigenvalue weighted by Gasteiger charge is -2.07. The lowest BCUT2D eigenvalue weighted by molar-refractivity contribution is 0.137. The zero-order valence-electron chi connectivity index (χ0n) is 7.03. The molecule has 12 heavy (non-hydrogen) atoms. The monoisotopic (exact) mass is 164 g/mol. The molecule has 2 atom stereocenters. The number of epoxide rings is 1. The van der Waals surface area contributed by atoms with Crippen LogP contribution in [-0.4, -0.2) is 17.8 Å². The summed E-state index contributed by atoms with van der Waals surface area (Å²) in [5.41, 5.74) is 2.13. The molecule has 0 bridgehead atoms. The molecule has 1 N–H and O–H groups in total. The summed E-state index contributed by atoms with van der Waals surface area (Å²) < 4.78 is 5.01. The zero-order valence-corrected chi connectivity index (χ0v) is 7.03. The second-order valence-corrected chi connectivity index (χ2v) is 3.23. The summed E-state index contributed by atoms with van der Waals surface area (Å²) in [6, 6.07) is 7.89. The number of rotatable bonds is 2. The van der Waals surface area contributed by atoms with Gasteiger partial charge >= 0.3 is 0 Å². The highest BCUT2D eigenvalue weighted by Gasteiger charge is 2.32. The second-order valence-electron chi connectivity index (χ2n) is 3.23. The fourth-order valence-corrected chi connectivity index (χ4v) is 1.31. The van der Waals surface area contributed by atoms with E-state index in [2.05, 4.69) is 0 Å². The maximum Gasteiger partial charge on any atom is 0.111 e. The lowest BCUT2D eigenvalue weighted by atomic mass is 10.1. The summed E-state index contributed by atoms with van der Waals surface area (Å²) in [6.45, 7) is 2.71. The van der Waals surface area contributed by atoms with E-state index < -0.39 is 6.10 Å². The molecule has 2 rings (SSSR count). The highest BCUT2D eigenvalue weighted by atomic mass is 16.6. The van der Waals surface area contributed by atoms with Crippen LogP contribution in [0.15, 0.2) is 24.3 Å². The predicted molar refractivity (Wildman–Crippen MR) is 45.9 cm³/mol. The molecule has 1 aliphatic rings. The van der Waals surface area contributed by atoms with Crippen LogP contribution in [0.3, 0.4) is 0 Å². The first kappa shape index (κ1) is 7.77. The molecule has 2 heteroatoms. The largest absolute Gasteiger partial charge is 0.386 e. The molecule has 1 aromatic rings. The van der Waals surface area contributed by atoms with Crippen molar-refractivity contribution >= 4 is 0 Å². The Morgan fingerprint density at radius 2 is 2.33 bits per heavy atom. The molecule has 1 aromatic carbocycles. The van der Waals surface area contributed by atoms with Gasteiger partial charge < -0.3 is 9.84 Å². The molecule has 0 spiro atoms. The van der Waals surface area contributed by atoms with Crippen LogP contribution in [0.5, 0.6) is 0 Å². The van der Waals surface area contributed by atoms with Crippen LogP contribution in [0.1, 0.15) is 17.2 Å². The maximum absolute atomic E-state index is 9.66. The summed E-state index contributed by atoms with van der Waals surface area (Å²) in [6.07, 6.45) is -0.406. The van der Waals surface area contributed by atoms with Gasteiger partial charge in [-0.15, -0.1) is 0 Å². The Morgan fingerprint density at radius 1 is 1.58 bits per heavy atom. The van der Waals surface area contributed by atoms with Crippen LogP contribution < -0.4 is 0 Å². The average Bonchev–Trinajstić information content (AvgIpc) is 2.85. The maximum atomic E-state index is 9.66. The van der Waals surface area contributed by atoms with Crippen LogP contribution >= 0.6 is 0 Å². The first-order valence-electron chi connectivity index (χ1n) is 4.13. The third-order valence-corrected chi connectivity index (χ3v) is 2.09. The summed E-state index contributed by atoms with van der Waals surface area (Å²) in [5.74, 6) is 0. The Morgan fingerprint density at radius 3 is 2.92 bits per heavy atom. The minimum atomic E-state index is -0.440. The van der Waals surface area contributed by atoms with E-state index in [1.807, 2.05) is 31.2 Å². The number of hydrogen-bond acceptors (Lipinski definition) is 2. The van der Waals surface area contributed by atoms with Gasteiger partial charge in [0.25, 0.3) is 0 Å². The summed E-state index contributed by atoms with van der Waals surface area (Å²) in [7, 11) is 0. The van der Waals surface area contributed by atoms with E-state index in [-0.39, 0.29) is 6.10 Å². The smallest absolute Gasteiger partial charge is 0.111 e. The van der Waals surface area contributed by atoms with E-state index in [0.717, 1.165) is 5.56 Å². The minimum absolute atomic E-state index is 0.0341. The van der Waals surface area contributed by atoms with Crippen molar-refractivity contribution in [2.24, 2.45) is 0 Å². The van der Waals surface area contributed by atoms with Crippen LogP contribution in [0, 0.1) is 6.92 Å². The second kappa shape index (κ2) is 2.88. The number of hydrogen-bond donors (Lipinski definition) is 1. The topological polar surface area (TPSA) is 32.8 Å². The molecule has 1 saturated heterocycles. The molecular weight excluding hydrogens is 152 g/mol. The highest BCUT2D eigenvalue weighted by molar-refractivity contribution is 5.25. The number of aliphatic hydroxyl groups excluding tert-OH is 1. The van der Waals surface area contributed by atoms with Gasteiger partial charge in [-0.25, -0.2) is 0 Å². The Labute approximate surface area is 71.8 Å². The molecular formula is C10H12O2. The fourth-order valence-electron chi connectivity index (χ4n) is 1.31. The van der Waals surface area contributed by atoms with E-state index >= 15 is 0 Å². The minimum Gasteiger partial charge on any atom is -0.386 e. The molecule has 0 saturated carbocycles. The van der Waals surface area contributed by atoms with Gasteiger partial charge in [0.1, 0.15) is 12.2 Å². The average molecular weight is 164 g/mol. The van der Waals surface area contributed by atoms with Gasteiger partial charge in [-0.1, -0.05) is 29.8 Å². The van der Waals surface area contributed by atoms with Crippen molar-refractivity contribution in [1.82, 2.24) is 0 Å². The first-order chi connectivity index (χ1) is 5.77. The van der Waals surface area contributed by atoms with Crippen LogP contribution in [0.2, 0.25) is 0 Å². The highest BCUT2D eigenvalue weighted by Crippen LogP contribution is 2.27. The number of ether oxygens (including phenoxy) is 1. The normalized spacial score (nSPS) is 23.7. The number of aliphatic hydroxyl groups is 1. The van der Waals surface area contributed by atoms with Crippen molar-refractivity contribution in [2.45, 2.75) is 19.1 Å². The van der Waals surface area contributed by atoms with E-state index in [4.69, 9.17) is 4.74 Å². The zero-order chi connectivity index (χ0) is 8.55. The molecule has 0 amide bonds. The van der Waals surface area contributed by atoms with E-state index in [0.29, 0.717) is 6.61 Å². The number of aryl methyl sites for hydroxylation is 1. The summed E-state index contributed by atoms with van der Waals surface area (Å²) >= 11 is 0. The molecule has 1 aliphatic heterocycles. The van der Waals surface area contributed by atoms with Crippen molar-refractivity contribution in [3.8, 4) is 0 Å². The Kier molecular flexibility index (Phi) is 1.87. The molecule has 0 aliphatic carbocycles. The molecule has 1 heterocycles. The Balaban J connectivity index is 2.20. The number of benzene rings is 1. The van der Waals surface area contributed by atoms with E-state index in [9.17, 15) is 5.11 Å². The molecule has 0 radical (unpaired) electrons. The molecule has 0 aromatic heterocycles. The standard InChI is InChI=1S/C10H12O2/c1-7-3-2-4-8(5-7)10(11)9-6-12-9/h2-5,9-11H,6H2,1H3/t9-,10?/m1/s1. The van der Waals surface area contributed by atoms with Gasteiger partial charge in [-0.05, 0) is 12.5 Å². The predicted octanol–water partition coefficient (Wildman–Crippen LogP) is 1.43. The van der Waals surface area contributed by atoms with Gasteiger partial charge in [0.05, 0.1) is 6.61 Å². The van der Waals surface area contributed by atoms with E-state index in [1.54, 1.807) is 0 Å². The molecule has 64 valence electrons. The van der Waals surface area contributed by atoms with Crippen molar-refractivity contribution in [2.75, 3.05) is 6.61 Å². The SMILES string of the molecule is Cc1cccc(C(O)[C@H]2CO2)c1. The quantitative estimate of drug-likeness (QED) is 0.671. The molecule has 1 fully saturated rings. The first-order valence-corrected chi connectivity index (χ1v) is 4.13. The van der Waals surface area contributed by atoms with Crippen molar-refractivity contribution in [1.29, 1.82) is 0 Å². The third-order valence-electron chi connectivity index (χ3n) is 2.09. The van der Waals surface area contributed by atoms with Crippen LogP contribution in [0.4, 0.5) is 0 Å². The van der Waals surface area contributed by atoms with Gasteiger partial charge in [-0.3, -0.25) is 0 Å². The van der Waals surface area contributed by atoms with E-state index in [1.165, 1.54) is 5.56 Å². The molecule has 2 nitrogen and oxygen atoms in total. The summed E-state index contributed by atoms with van der Waals surface area (Å²) in [4.78, 5) is 0. The van der Waals surface area contributed by atoms with Crippen LogP contribution in [0.25, 0.3) is 0 Å². The van der Waals surface area contributed by atoms with Crippen molar-refractivity contribution in [3.05, 3.63) is 35.4 Å².